The number of nitrogens with zero attached hydrogens (tertiary/aromatic N) is 1. The molecular formula is C20H39N5O3. The number of hydrogen-bond acceptors (Lipinski definition) is 5. The molecule has 162 valence electrons. The van der Waals surface area contributed by atoms with E-state index in [1.54, 1.807) is 0 Å². The van der Waals surface area contributed by atoms with Crippen molar-refractivity contribution in [3.05, 3.63) is 0 Å². The predicted octanol–water partition coefficient (Wildman–Crippen LogP) is 0.638. The molecule has 0 bridgehead atoms. The highest BCUT2D eigenvalue weighted by molar-refractivity contribution is 5.83. The highest BCUT2D eigenvalue weighted by atomic mass is 16.2. The maximum Gasteiger partial charge on any atom is 0.239 e. The zero-order valence-electron chi connectivity index (χ0n) is 17.2. The van der Waals surface area contributed by atoms with Gasteiger partial charge in [-0.2, -0.15) is 0 Å². The third-order valence-corrected chi connectivity index (χ3v) is 5.07. The Morgan fingerprint density at radius 1 is 0.893 bits per heavy atom. The van der Waals surface area contributed by atoms with Crippen LogP contribution in [0.4, 0.5) is 0 Å². The number of carbonyl (C=O) groups excluding carboxylic acids is 3. The van der Waals surface area contributed by atoms with E-state index in [1.807, 2.05) is 4.90 Å². The number of primary amides is 1. The molecule has 0 aromatic heterocycles. The summed E-state index contributed by atoms with van der Waals surface area (Å²) < 4.78 is 0. The van der Waals surface area contributed by atoms with Gasteiger partial charge in [-0.25, -0.2) is 0 Å². The van der Waals surface area contributed by atoms with Crippen LogP contribution in [0, 0.1) is 0 Å². The molecule has 8 nitrogen and oxygen atoms in total. The van der Waals surface area contributed by atoms with Crippen molar-refractivity contribution < 1.29 is 14.4 Å². The second kappa shape index (κ2) is 15.3. The van der Waals surface area contributed by atoms with Gasteiger partial charge in [0, 0.05) is 32.5 Å². The molecule has 1 aliphatic heterocycles. The number of amides is 3. The van der Waals surface area contributed by atoms with Gasteiger partial charge in [-0.1, -0.05) is 19.3 Å². The smallest absolute Gasteiger partial charge is 0.239 e. The van der Waals surface area contributed by atoms with Crippen LogP contribution in [0.15, 0.2) is 0 Å². The Balaban J connectivity index is 2.12. The summed E-state index contributed by atoms with van der Waals surface area (Å²) in [5, 5.41) is 6.18. The molecule has 0 spiro atoms. The number of nitrogens with two attached hydrogens (primary N) is 2. The van der Waals surface area contributed by atoms with Crippen LogP contribution in [0.2, 0.25) is 0 Å². The highest BCUT2D eigenvalue weighted by Gasteiger charge is 2.26. The van der Waals surface area contributed by atoms with Crippen LogP contribution < -0.4 is 22.1 Å². The van der Waals surface area contributed by atoms with Crippen LogP contribution in [0.5, 0.6) is 0 Å². The van der Waals surface area contributed by atoms with Crippen molar-refractivity contribution >= 4 is 17.7 Å². The van der Waals surface area contributed by atoms with E-state index in [-0.39, 0.29) is 30.2 Å². The van der Waals surface area contributed by atoms with Crippen molar-refractivity contribution in [3.63, 3.8) is 0 Å². The molecule has 1 saturated heterocycles. The molecule has 1 heterocycles. The van der Waals surface area contributed by atoms with E-state index >= 15 is 0 Å². The van der Waals surface area contributed by atoms with Gasteiger partial charge in [-0.15, -0.1) is 0 Å². The summed E-state index contributed by atoms with van der Waals surface area (Å²) in [6.45, 7) is 3.64. The Morgan fingerprint density at radius 3 is 2.25 bits per heavy atom. The van der Waals surface area contributed by atoms with Crippen LogP contribution >= 0.6 is 0 Å². The second-order valence-electron chi connectivity index (χ2n) is 7.55. The average molecular weight is 398 g/mol. The van der Waals surface area contributed by atoms with E-state index in [0.29, 0.717) is 25.9 Å². The largest absolute Gasteiger partial charge is 0.370 e. The Kier molecular flexibility index (Phi) is 13.3. The SMILES string of the molecule is NCCCNC(=O)CCCCCCCNC(CCC(N)=O)C(=O)N1CCCC1. The number of likely N-dealkylation sites (tertiary alicyclic amines) is 1. The molecule has 0 aliphatic carbocycles. The van der Waals surface area contributed by atoms with Gasteiger partial charge in [0.15, 0.2) is 0 Å². The fourth-order valence-electron chi connectivity index (χ4n) is 3.39. The molecule has 1 unspecified atom stereocenters. The summed E-state index contributed by atoms with van der Waals surface area (Å²) >= 11 is 0. The molecule has 0 radical (unpaired) electrons. The van der Waals surface area contributed by atoms with Gasteiger partial charge >= 0.3 is 0 Å². The van der Waals surface area contributed by atoms with Crippen LogP contribution in [-0.4, -0.2) is 61.4 Å². The average Bonchev–Trinajstić information content (AvgIpc) is 3.20. The fourth-order valence-corrected chi connectivity index (χ4v) is 3.39. The summed E-state index contributed by atoms with van der Waals surface area (Å²) in [6.07, 6.45) is 9.22. The lowest BCUT2D eigenvalue weighted by molar-refractivity contribution is -0.132. The Hall–Kier alpha value is -1.67. The van der Waals surface area contributed by atoms with E-state index in [0.717, 1.165) is 71.0 Å². The standard InChI is InChI=1S/C20H39N5O3/c21-12-8-14-24-19(27)9-4-2-1-3-5-13-23-17(10-11-18(22)26)20(28)25-15-6-7-16-25/h17,23H,1-16,21H2,(H2,22,26)(H,24,27). The summed E-state index contributed by atoms with van der Waals surface area (Å²) in [5.74, 6) is -0.166. The zero-order valence-corrected chi connectivity index (χ0v) is 17.2. The Morgan fingerprint density at radius 2 is 1.57 bits per heavy atom. The van der Waals surface area contributed by atoms with Gasteiger partial charge in [0.05, 0.1) is 6.04 Å². The quantitative estimate of drug-likeness (QED) is 0.284. The topological polar surface area (TPSA) is 131 Å². The fraction of sp³-hybridized carbons (Fsp3) is 0.850. The van der Waals surface area contributed by atoms with Gasteiger partial charge in [-0.3, -0.25) is 14.4 Å². The minimum Gasteiger partial charge on any atom is -0.370 e. The summed E-state index contributed by atoms with van der Waals surface area (Å²) in [5.41, 5.74) is 10.6. The molecule has 6 N–H and O–H groups in total. The van der Waals surface area contributed by atoms with Crippen LogP contribution in [0.1, 0.15) is 70.6 Å². The van der Waals surface area contributed by atoms with Gasteiger partial charge in [0.25, 0.3) is 0 Å². The Labute approximate surface area is 169 Å². The Bertz CT molecular complexity index is 467. The molecule has 0 aromatic rings. The minimum atomic E-state index is -0.368. The lowest BCUT2D eigenvalue weighted by atomic mass is 10.1. The predicted molar refractivity (Wildman–Crippen MR) is 110 cm³/mol. The molecule has 1 fully saturated rings. The normalized spacial score (nSPS) is 14.8. The van der Waals surface area contributed by atoms with Crippen LogP contribution in [0.25, 0.3) is 0 Å². The van der Waals surface area contributed by atoms with Crippen LogP contribution in [-0.2, 0) is 14.4 Å². The minimum absolute atomic E-state index is 0.0967. The molecule has 1 rings (SSSR count). The van der Waals surface area contributed by atoms with E-state index in [1.165, 1.54) is 0 Å². The first-order chi connectivity index (χ1) is 13.5. The second-order valence-corrected chi connectivity index (χ2v) is 7.55. The number of rotatable bonds is 16. The highest BCUT2D eigenvalue weighted by Crippen LogP contribution is 2.12. The molecule has 8 heteroatoms. The van der Waals surface area contributed by atoms with Crippen LogP contribution in [0.3, 0.4) is 0 Å². The van der Waals surface area contributed by atoms with Crippen molar-refractivity contribution in [2.24, 2.45) is 11.5 Å². The summed E-state index contributed by atoms with van der Waals surface area (Å²) in [4.78, 5) is 37.1. The van der Waals surface area contributed by atoms with Gasteiger partial charge < -0.3 is 27.0 Å². The van der Waals surface area contributed by atoms with Gasteiger partial charge in [0.2, 0.25) is 17.7 Å². The number of nitrogens with one attached hydrogen (secondary N) is 2. The molecule has 28 heavy (non-hydrogen) atoms. The van der Waals surface area contributed by atoms with Gasteiger partial charge in [0.1, 0.15) is 0 Å². The van der Waals surface area contributed by atoms with Crippen molar-refractivity contribution in [1.82, 2.24) is 15.5 Å². The van der Waals surface area contributed by atoms with E-state index in [2.05, 4.69) is 10.6 Å². The molecule has 0 aromatic carbocycles. The molecule has 1 atom stereocenters. The number of hydrogen-bond donors (Lipinski definition) is 4. The third-order valence-electron chi connectivity index (χ3n) is 5.07. The first-order valence-corrected chi connectivity index (χ1v) is 10.8. The lowest BCUT2D eigenvalue weighted by Crippen LogP contribution is -2.46. The van der Waals surface area contributed by atoms with E-state index in [9.17, 15) is 14.4 Å². The monoisotopic (exact) mass is 397 g/mol. The van der Waals surface area contributed by atoms with E-state index in [4.69, 9.17) is 11.5 Å². The zero-order chi connectivity index (χ0) is 20.6. The molecule has 0 saturated carbocycles. The van der Waals surface area contributed by atoms with Crippen molar-refractivity contribution in [3.8, 4) is 0 Å². The maximum atomic E-state index is 12.6. The third kappa shape index (κ3) is 11.2. The summed E-state index contributed by atoms with van der Waals surface area (Å²) in [7, 11) is 0. The van der Waals surface area contributed by atoms with Crippen molar-refractivity contribution in [2.75, 3.05) is 32.7 Å². The van der Waals surface area contributed by atoms with Crippen molar-refractivity contribution in [1.29, 1.82) is 0 Å². The van der Waals surface area contributed by atoms with Crippen molar-refractivity contribution in [2.45, 2.75) is 76.7 Å². The van der Waals surface area contributed by atoms with Gasteiger partial charge in [-0.05, 0) is 51.6 Å². The summed E-state index contributed by atoms with van der Waals surface area (Å²) in [6, 6.07) is -0.317. The number of carbonyl (C=O) groups is 3. The molecule has 3 amide bonds. The lowest BCUT2D eigenvalue weighted by Gasteiger charge is -2.24. The maximum absolute atomic E-state index is 12.6. The number of unbranched alkanes of at least 4 members (excludes halogenated alkanes) is 4. The first-order valence-electron chi connectivity index (χ1n) is 10.8. The molecular weight excluding hydrogens is 358 g/mol. The van der Waals surface area contributed by atoms with E-state index < -0.39 is 0 Å². The first kappa shape index (κ1) is 24.4. The molecule has 1 aliphatic rings.